The summed E-state index contributed by atoms with van der Waals surface area (Å²) in [6.07, 6.45) is 4.57. The van der Waals surface area contributed by atoms with Crippen molar-refractivity contribution < 1.29 is 4.74 Å². The molecule has 0 radical (unpaired) electrons. The Hall–Kier alpha value is -2.77. The maximum absolute atomic E-state index is 5.75. The van der Waals surface area contributed by atoms with E-state index in [2.05, 4.69) is 50.7 Å². The second-order valence-corrected chi connectivity index (χ2v) is 7.90. The molecule has 0 aromatic carbocycles. The summed E-state index contributed by atoms with van der Waals surface area (Å²) in [7, 11) is 1.73. The maximum Gasteiger partial charge on any atom is 0.170 e. The van der Waals surface area contributed by atoms with E-state index in [0.717, 1.165) is 35.3 Å². The van der Waals surface area contributed by atoms with Gasteiger partial charge in [0.1, 0.15) is 5.82 Å². The average molecular weight is 422 g/mol. The normalized spacial score (nSPS) is 18.6. The molecular weight excluding hydrogens is 394 g/mol. The Morgan fingerprint density at radius 2 is 1.87 bits per heavy atom. The first kappa shape index (κ1) is 20.5. The van der Waals surface area contributed by atoms with Crippen LogP contribution in [-0.2, 0) is 4.74 Å². The van der Waals surface area contributed by atoms with Crippen molar-refractivity contribution >= 4 is 17.3 Å². The molecule has 6 nitrogen and oxygen atoms in total. The number of nitrogens with one attached hydrogen (secondary N) is 1. The number of pyridine rings is 2. The molecule has 0 spiro atoms. The minimum atomic E-state index is -0.0149. The Labute approximate surface area is 182 Å². The number of rotatable bonds is 7. The van der Waals surface area contributed by atoms with Gasteiger partial charge in [-0.15, -0.1) is 0 Å². The van der Waals surface area contributed by atoms with Crippen LogP contribution in [0.15, 0.2) is 54.9 Å². The molecule has 3 aromatic rings. The quantitative estimate of drug-likeness (QED) is 0.461. The molecule has 1 aliphatic heterocycles. The zero-order valence-corrected chi connectivity index (χ0v) is 18.4. The van der Waals surface area contributed by atoms with Crippen molar-refractivity contribution in [3.05, 3.63) is 77.5 Å². The van der Waals surface area contributed by atoms with Crippen LogP contribution in [0.2, 0.25) is 0 Å². The van der Waals surface area contributed by atoms with Gasteiger partial charge in [-0.25, -0.2) is 4.98 Å². The van der Waals surface area contributed by atoms with E-state index in [1.165, 1.54) is 11.3 Å². The lowest BCUT2D eigenvalue weighted by Crippen LogP contribution is -2.31. The average Bonchev–Trinajstić information content (AvgIpc) is 3.25. The molecular formula is C23H27N5OS. The van der Waals surface area contributed by atoms with Gasteiger partial charge in [0.25, 0.3) is 0 Å². The number of nitrogens with zero attached hydrogens (tertiary/aromatic N) is 4. The third-order valence-corrected chi connectivity index (χ3v) is 5.96. The van der Waals surface area contributed by atoms with E-state index in [-0.39, 0.29) is 12.1 Å². The first-order valence-corrected chi connectivity index (χ1v) is 10.6. The lowest BCUT2D eigenvalue weighted by molar-refractivity contribution is 0.180. The van der Waals surface area contributed by atoms with Gasteiger partial charge in [0.15, 0.2) is 5.11 Å². The summed E-state index contributed by atoms with van der Waals surface area (Å²) in [5.74, 6) is 0.924. The SMILES string of the molecule is COCCCN1C(=S)N[C@H](c2ccccn2)[C@H]1c1cc(C)n(-c2ccccn2)c1C. The second kappa shape index (κ2) is 8.93. The van der Waals surface area contributed by atoms with Crippen LogP contribution in [-0.4, -0.2) is 44.8 Å². The summed E-state index contributed by atoms with van der Waals surface area (Å²) >= 11 is 5.75. The molecule has 1 aliphatic rings. The van der Waals surface area contributed by atoms with Gasteiger partial charge in [-0.3, -0.25) is 4.98 Å². The molecule has 30 heavy (non-hydrogen) atoms. The van der Waals surface area contributed by atoms with Crippen LogP contribution in [0, 0.1) is 13.8 Å². The van der Waals surface area contributed by atoms with E-state index in [1.54, 1.807) is 7.11 Å². The van der Waals surface area contributed by atoms with Crippen molar-refractivity contribution in [2.75, 3.05) is 20.3 Å². The summed E-state index contributed by atoms with van der Waals surface area (Å²) in [4.78, 5) is 11.5. The molecule has 0 saturated carbocycles. The van der Waals surface area contributed by atoms with Crippen LogP contribution in [0.5, 0.6) is 0 Å². The van der Waals surface area contributed by atoms with Gasteiger partial charge < -0.3 is 19.5 Å². The highest BCUT2D eigenvalue weighted by molar-refractivity contribution is 7.80. The van der Waals surface area contributed by atoms with E-state index in [4.69, 9.17) is 17.0 Å². The molecule has 0 amide bonds. The molecule has 7 heteroatoms. The lowest BCUT2D eigenvalue weighted by atomic mass is 9.96. The predicted octanol–water partition coefficient (Wildman–Crippen LogP) is 3.89. The van der Waals surface area contributed by atoms with Crippen LogP contribution >= 0.6 is 12.2 Å². The topological polar surface area (TPSA) is 55.2 Å². The van der Waals surface area contributed by atoms with Crippen LogP contribution < -0.4 is 5.32 Å². The number of aromatic nitrogens is 3. The standard InChI is InChI=1S/C23H27N5OS/c1-16-15-18(17(2)28(16)20-10-5-7-12-25-20)22-21(19-9-4-6-11-24-19)26-23(30)27(22)13-8-14-29-3/h4-7,9-12,15,21-22H,8,13-14H2,1-3H3,(H,26,30)/t21-,22-/m1/s1. The molecule has 2 atom stereocenters. The summed E-state index contributed by atoms with van der Waals surface area (Å²) < 4.78 is 7.49. The summed E-state index contributed by atoms with van der Waals surface area (Å²) in [5, 5.41) is 4.28. The molecule has 3 aromatic heterocycles. The Morgan fingerprint density at radius 1 is 1.10 bits per heavy atom. The van der Waals surface area contributed by atoms with Crippen molar-refractivity contribution in [3.63, 3.8) is 0 Å². The largest absolute Gasteiger partial charge is 0.385 e. The highest BCUT2D eigenvalue weighted by atomic mass is 32.1. The minimum Gasteiger partial charge on any atom is -0.385 e. The maximum atomic E-state index is 5.75. The fourth-order valence-corrected chi connectivity index (χ4v) is 4.62. The van der Waals surface area contributed by atoms with Gasteiger partial charge in [0.05, 0.1) is 17.8 Å². The number of hydrogen-bond acceptors (Lipinski definition) is 4. The second-order valence-electron chi connectivity index (χ2n) is 7.52. The van der Waals surface area contributed by atoms with Crippen LogP contribution in [0.1, 0.15) is 41.1 Å². The van der Waals surface area contributed by atoms with Gasteiger partial charge >= 0.3 is 0 Å². The summed E-state index contributed by atoms with van der Waals surface area (Å²) in [6, 6.07) is 14.3. The van der Waals surface area contributed by atoms with Crippen LogP contribution in [0.25, 0.3) is 5.82 Å². The Balaban J connectivity index is 1.78. The molecule has 4 heterocycles. The predicted molar refractivity (Wildman–Crippen MR) is 122 cm³/mol. The van der Waals surface area contributed by atoms with Gasteiger partial charge in [-0.2, -0.15) is 0 Å². The minimum absolute atomic E-state index is 0.0149. The Morgan fingerprint density at radius 3 is 2.53 bits per heavy atom. The van der Waals surface area contributed by atoms with Crippen molar-refractivity contribution in [1.82, 2.24) is 24.8 Å². The summed E-state index contributed by atoms with van der Waals surface area (Å²) in [5.41, 5.74) is 4.54. The smallest absolute Gasteiger partial charge is 0.170 e. The van der Waals surface area contributed by atoms with Crippen molar-refractivity contribution in [2.45, 2.75) is 32.4 Å². The molecule has 156 valence electrons. The number of thiocarbonyl (C=S) groups is 1. The molecule has 1 fully saturated rings. The third kappa shape index (κ3) is 3.82. The van der Waals surface area contributed by atoms with E-state index < -0.39 is 0 Å². The molecule has 0 bridgehead atoms. The fourth-order valence-electron chi connectivity index (χ4n) is 4.29. The Kier molecular flexibility index (Phi) is 6.11. The number of methoxy groups -OCH3 is 1. The van der Waals surface area contributed by atoms with Gasteiger partial charge in [-0.1, -0.05) is 12.1 Å². The lowest BCUT2D eigenvalue weighted by Gasteiger charge is -2.28. The zero-order chi connectivity index (χ0) is 21.1. The van der Waals surface area contributed by atoms with E-state index in [0.29, 0.717) is 6.61 Å². The molecule has 4 rings (SSSR count). The van der Waals surface area contributed by atoms with Crippen LogP contribution in [0.4, 0.5) is 0 Å². The molecule has 0 aliphatic carbocycles. The fraction of sp³-hybridized carbons (Fsp3) is 0.348. The number of ether oxygens (including phenoxy) is 1. The first-order valence-electron chi connectivity index (χ1n) is 10.2. The third-order valence-electron chi connectivity index (χ3n) is 5.61. The van der Waals surface area contributed by atoms with Gasteiger partial charge in [0, 0.05) is 44.0 Å². The molecule has 0 unspecified atom stereocenters. The van der Waals surface area contributed by atoms with Gasteiger partial charge in [-0.05, 0) is 68.4 Å². The Bertz CT molecular complexity index is 1010. The van der Waals surface area contributed by atoms with E-state index in [9.17, 15) is 0 Å². The summed E-state index contributed by atoms with van der Waals surface area (Å²) in [6.45, 7) is 5.80. The van der Waals surface area contributed by atoms with E-state index >= 15 is 0 Å². The number of aryl methyl sites for hydroxylation is 1. The van der Waals surface area contributed by atoms with Crippen molar-refractivity contribution in [1.29, 1.82) is 0 Å². The highest BCUT2D eigenvalue weighted by Crippen LogP contribution is 2.41. The zero-order valence-electron chi connectivity index (χ0n) is 17.6. The van der Waals surface area contributed by atoms with Crippen LogP contribution in [0.3, 0.4) is 0 Å². The van der Waals surface area contributed by atoms with E-state index in [1.807, 2.05) is 42.7 Å². The monoisotopic (exact) mass is 421 g/mol. The first-order chi connectivity index (χ1) is 14.6. The number of hydrogen-bond donors (Lipinski definition) is 1. The van der Waals surface area contributed by atoms with Crippen molar-refractivity contribution in [2.24, 2.45) is 0 Å². The van der Waals surface area contributed by atoms with Crippen molar-refractivity contribution in [3.8, 4) is 5.82 Å². The highest BCUT2D eigenvalue weighted by Gasteiger charge is 2.41. The molecule has 1 N–H and O–H groups in total. The van der Waals surface area contributed by atoms with Gasteiger partial charge in [0.2, 0.25) is 0 Å². The molecule has 1 saturated heterocycles.